The van der Waals surface area contributed by atoms with Crippen LogP contribution in [0.3, 0.4) is 0 Å². The van der Waals surface area contributed by atoms with E-state index in [0.717, 1.165) is 111 Å². The molecule has 14 atom stereocenters. The van der Waals surface area contributed by atoms with Crippen molar-refractivity contribution in [3.8, 4) is 23.3 Å². The van der Waals surface area contributed by atoms with Crippen LogP contribution in [-0.4, -0.2) is 111 Å². The van der Waals surface area contributed by atoms with Crippen molar-refractivity contribution >= 4 is 33.7 Å². The summed E-state index contributed by atoms with van der Waals surface area (Å²) in [6.45, 7) is 1.73. The minimum absolute atomic E-state index is 0.00992. The molecule has 15 aliphatic rings. The maximum absolute atomic E-state index is 15.5. The molecule has 80 heavy (non-hydrogen) atoms. The van der Waals surface area contributed by atoms with E-state index in [1.54, 1.807) is 37.4 Å². The highest BCUT2D eigenvalue weighted by Crippen LogP contribution is 2.76. The van der Waals surface area contributed by atoms with Crippen LogP contribution in [0.15, 0.2) is 54.0 Å². The fraction of sp³-hybridized carbons (Fsp3) is 0.538. The normalized spacial score (nSPS) is 40.4. The Morgan fingerprint density at radius 2 is 1.71 bits per heavy atom. The summed E-state index contributed by atoms with van der Waals surface area (Å²) in [6, 6.07) is 6.27. The number of hydrogen-bond acceptors (Lipinski definition) is 13. The number of hydrogen-bond donors (Lipinski definition) is 9. The minimum atomic E-state index is -2.47. The summed E-state index contributed by atoms with van der Waals surface area (Å²) in [4.78, 5) is 48.8. The summed E-state index contributed by atoms with van der Waals surface area (Å²) < 4.78 is 15.1. The van der Waals surface area contributed by atoms with E-state index in [9.17, 15) is 30.6 Å². The maximum atomic E-state index is 15.5. The second-order valence-corrected chi connectivity index (χ2v) is 27.4. The smallest absolute Gasteiger partial charge is 0.261 e. The number of ketones is 2. The Morgan fingerprint density at radius 1 is 0.850 bits per heavy atom. The molecule has 20 rings (SSSR count). The number of aromatic nitrogens is 4. The molecule has 0 radical (unpaired) electrons. The van der Waals surface area contributed by atoms with Crippen LogP contribution in [0.5, 0.6) is 11.5 Å². The number of ether oxygens (including phenoxy) is 2. The number of aromatic hydroxyl groups is 1. The molecule has 11 aliphatic carbocycles. The number of aryl methyl sites for hydroxylation is 2. The lowest BCUT2D eigenvalue weighted by Crippen LogP contribution is -2.79. The van der Waals surface area contributed by atoms with Gasteiger partial charge >= 0.3 is 0 Å². The first kappa shape index (κ1) is 47.5. The van der Waals surface area contributed by atoms with Crippen LogP contribution in [0.25, 0.3) is 16.3 Å². The molecule has 0 amide bonds. The van der Waals surface area contributed by atoms with Crippen molar-refractivity contribution in [1.29, 1.82) is 0 Å². The summed E-state index contributed by atoms with van der Waals surface area (Å²) in [5, 5.41) is 84.0. The molecule has 14 unspecified atom stereocenters. The molecule has 5 fully saturated rings. The largest absolute Gasteiger partial charge is 0.507 e. The molecule has 7 heterocycles. The van der Waals surface area contributed by atoms with Gasteiger partial charge in [0.05, 0.1) is 40.8 Å². The average Bonchev–Trinajstić information content (AvgIpc) is 3.52. The number of phenols is 1. The zero-order valence-electron chi connectivity index (χ0n) is 44.8. The molecule has 12 bridgehead atoms. The molecule has 7 spiro atoms. The molecule has 2 aromatic carbocycles. The second-order valence-electron chi connectivity index (χ2n) is 27.4. The zero-order chi connectivity index (χ0) is 54.0. The monoisotopic (exact) mass is 1080 g/mol. The number of carbonyl (C=O) groups excluding carboxylic acids is 2. The van der Waals surface area contributed by atoms with Gasteiger partial charge in [-0.25, -0.2) is 9.97 Å². The first-order valence-electron chi connectivity index (χ1n) is 29.8. The Hall–Kier alpha value is -6.12. The van der Waals surface area contributed by atoms with Crippen LogP contribution in [0.1, 0.15) is 180 Å². The van der Waals surface area contributed by atoms with Gasteiger partial charge in [0.1, 0.15) is 29.5 Å². The number of aliphatic hydroxyl groups excluding tert-OH is 5. The van der Waals surface area contributed by atoms with Crippen LogP contribution in [0, 0.1) is 52.3 Å². The number of carbonyl (C=O) groups is 2. The van der Waals surface area contributed by atoms with Gasteiger partial charge in [-0.1, -0.05) is 30.8 Å². The molecule has 5 aromatic rings. The number of nitrogens with one attached hydrogen (secondary N) is 3. The van der Waals surface area contributed by atoms with Crippen LogP contribution >= 0.6 is 0 Å². The Morgan fingerprint density at radius 3 is 2.58 bits per heavy atom. The molecule has 9 N–H and O–H groups in total. The van der Waals surface area contributed by atoms with Crippen LogP contribution in [-0.2, 0) is 23.0 Å². The van der Waals surface area contributed by atoms with Gasteiger partial charge in [-0.15, -0.1) is 5.92 Å². The topological polar surface area (TPSA) is 243 Å². The van der Waals surface area contributed by atoms with E-state index in [0.29, 0.717) is 71.8 Å². The Kier molecular flexibility index (Phi) is 8.97. The maximum Gasteiger partial charge on any atom is 0.261 e. The number of phenolic OH excluding ortho intramolecular Hbond substituents is 1. The quantitative estimate of drug-likeness (QED) is 0.0669. The van der Waals surface area contributed by atoms with Gasteiger partial charge in [-0.05, 0) is 172 Å². The lowest BCUT2D eigenvalue weighted by atomic mass is 9.42. The molecule has 15 nitrogen and oxygen atoms in total. The van der Waals surface area contributed by atoms with Crippen molar-refractivity contribution < 1.29 is 49.7 Å². The number of nitrogens with zero attached hydrogens (tertiary/aromatic N) is 2. The van der Waals surface area contributed by atoms with Crippen LogP contribution in [0.2, 0.25) is 0 Å². The predicted octanol–water partition coefficient (Wildman–Crippen LogP) is 7.54. The van der Waals surface area contributed by atoms with Gasteiger partial charge < -0.3 is 55.4 Å². The number of aliphatic hydroxyl groups is 5. The summed E-state index contributed by atoms with van der Waals surface area (Å²) in [5.74, 6) is 3.57. The van der Waals surface area contributed by atoms with E-state index < -0.39 is 75.6 Å². The molecule has 410 valence electrons. The number of imidazole rings is 1. The molecule has 15 heteroatoms. The van der Waals surface area contributed by atoms with Gasteiger partial charge in [0, 0.05) is 81.0 Å². The molecule has 4 aliphatic heterocycles. The van der Waals surface area contributed by atoms with Gasteiger partial charge in [0.25, 0.3) is 5.79 Å². The Labute approximate surface area is 461 Å². The predicted molar refractivity (Wildman–Crippen MR) is 291 cm³/mol. The van der Waals surface area contributed by atoms with Gasteiger partial charge in [0.15, 0.2) is 17.5 Å². The molecular weight excluding hydrogens is 1010 g/mol. The standard InChI is InChI=1S/C65H65N5O10/c1-30-22-36-43(40(71)23-30)51(74)46-41-24-35-33(44(46)50(36)73)12-21-66-57(35)67-27-42(72)62-18-10-31-6-4-15-61-16-5-7-32-8-9-39-54(69-29-68-39)64(32,61)53-34(11-17-61)45(47(31)62)49(70-53)37-25-63(79-41)55(76)52(75)56(77)65(80-63)48(37)38(62)26-60(58(65)78)20-19-59(28-60)13-2-3-14-59/h12,21-25,29,31-32,42,47,52,55-56,58,70-72,75-78H,2-3,5,7-11,13-20,26-28H2,1H3,(H,66,67)(H,68,69). The first-order chi connectivity index (χ1) is 38.6. The Balaban J connectivity index is 0.993. The highest BCUT2D eigenvalue weighted by atomic mass is 16.7. The Bertz CT molecular complexity index is 3870. The number of fused-ring (bicyclic) bond motifs is 8. The van der Waals surface area contributed by atoms with Gasteiger partial charge in [-0.2, -0.15) is 0 Å². The SMILES string of the molecule is Cc1cc(O)c2c(c1)C(=O)c1c(c3cc4c(nccc14)NCC(O)C14CCC5C#CCC67CCCC8CCc9[nH]cnc9C86c6[nH]c(c(c6CC7)C51)C1=CC5(O3)OC3(C1=C4CC1(CCC4(CCCC4)C1)C3O)C(O)C(O)C5O)C2=O. The van der Waals surface area contributed by atoms with E-state index in [1.165, 1.54) is 11.6 Å². The summed E-state index contributed by atoms with van der Waals surface area (Å²) in [6.07, 6.45) is 11.7. The van der Waals surface area contributed by atoms with Crippen molar-refractivity contribution in [3.05, 3.63) is 116 Å². The molecule has 4 saturated carbocycles. The third-order valence-electron chi connectivity index (χ3n) is 24.3. The van der Waals surface area contributed by atoms with Gasteiger partial charge in [0.2, 0.25) is 5.78 Å². The van der Waals surface area contributed by atoms with Crippen molar-refractivity contribution in [2.45, 2.75) is 176 Å². The zero-order valence-corrected chi connectivity index (χ0v) is 44.8. The second kappa shape index (κ2) is 15.1. The highest BCUT2D eigenvalue weighted by molar-refractivity contribution is 6.34. The van der Waals surface area contributed by atoms with Crippen molar-refractivity contribution in [1.82, 2.24) is 19.9 Å². The number of H-pyrrole nitrogens is 2. The van der Waals surface area contributed by atoms with E-state index in [2.05, 4.69) is 27.1 Å². The lowest BCUT2D eigenvalue weighted by molar-refractivity contribution is -0.366. The number of benzene rings is 2. The van der Waals surface area contributed by atoms with Crippen molar-refractivity contribution in [3.63, 3.8) is 0 Å². The highest BCUT2D eigenvalue weighted by Gasteiger charge is 2.77. The number of aromatic amines is 2. The molecule has 1 saturated heterocycles. The lowest BCUT2D eigenvalue weighted by Gasteiger charge is -2.64. The fourth-order valence-electron chi connectivity index (χ4n) is 21.4. The third-order valence-corrected chi connectivity index (χ3v) is 24.3. The fourth-order valence-corrected chi connectivity index (χ4v) is 21.4. The third kappa shape index (κ3) is 5.19. The van der Waals surface area contributed by atoms with E-state index in [-0.39, 0.29) is 63.0 Å². The van der Waals surface area contributed by atoms with Crippen LogP contribution < -0.4 is 10.1 Å². The van der Waals surface area contributed by atoms with Gasteiger partial charge in [-0.3, -0.25) is 9.59 Å². The van der Waals surface area contributed by atoms with Crippen molar-refractivity contribution in [2.75, 3.05) is 11.9 Å². The molecule has 3 aromatic heterocycles. The molecular formula is C65H65N5O10. The van der Waals surface area contributed by atoms with Crippen LogP contribution in [0.4, 0.5) is 5.82 Å². The number of anilines is 1. The number of pyridine rings is 1. The van der Waals surface area contributed by atoms with E-state index in [4.69, 9.17) is 19.4 Å². The minimum Gasteiger partial charge on any atom is -0.507 e. The van der Waals surface area contributed by atoms with E-state index in [1.807, 2.05) is 6.33 Å². The summed E-state index contributed by atoms with van der Waals surface area (Å²) in [5.41, 5.74) is 3.32. The van der Waals surface area contributed by atoms with Crippen molar-refractivity contribution in [2.24, 2.45) is 33.5 Å². The van der Waals surface area contributed by atoms with E-state index >= 15 is 9.59 Å². The first-order valence-corrected chi connectivity index (χ1v) is 29.8. The number of rotatable bonds is 0. The summed E-state index contributed by atoms with van der Waals surface area (Å²) >= 11 is 0. The average molecular weight is 1080 g/mol. The summed E-state index contributed by atoms with van der Waals surface area (Å²) in [7, 11) is 0.